The molecule has 0 aliphatic carbocycles. The predicted molar refractivity (Wildman–Crippen MR) is 88.6 cm³/mol. The molecule has 0 saturated heterocycles. The molecule has 1 aromatic carbocycles. The molecule has 2 aromatic rings. The van der Waals surface area contributed by atoms with Crippen molar-refractivity contribution in [1.29, 1.82) is 0 Å². The fourth-order valence-electron chi connectivity index (χ4n) is 2.59. The van der Waals surface area contributed by atoms with Crippen LogP contribution in [0.3, 0.4) is 0 Å². The molecule has 1 atom stereocenters. The standard InChI is InChI=1S/C14H11ClF2N4O5S/c1-25-13-18-10(19-14(20-13)26-2)8-6-4-3-5-7(15)9(6)21(11(8)22)27(23,24)12(16)17/h3-5,8,12H,1-2H3. The molecule has 144 valence electrons. The Bertz CT molecular complexity index is 998. The highest BCUT2D eigenvalue weighted by molar-refractivity contribution is 7.93. The lowest BCUT2D eigenvalue weighted by molar-refractivity contribution is -0.117. The topological polar surface area (TPSA) is 112 Å². The smallest absolute Gasteiger partial charge is 0.355 e. The number of aromatic nitrogens is 3. The van der Waals surface area contributed by atoms with Crippen LogP contribution in [-0.2, 0) is 14.8 Å². The first-order valence-corrected chi connectivity index (χ1v) is 9.09. The zero-order chi connectivity index (χ0) is 19.9. The minimum absolute atomic E-state index is 0.0112. The fourth-order valence-corrected chi connectivity index (χ4v) is 3.88. The minimum atomic E-state index is -5.30. The van der Waals surface area contributed by atoms with E-state index >= 15 is 0 Å². The molecule has 3 rings (SSSR count). The van der Waals surface area contributed by atoms with Crippen LogP contribution >= 0.6 is 11.6 Å². The Labute approximate surface area is 157 Å². The van der Waals surface area contributed by atoms with Gasteiger partial charge in [0.25, 0.3) is 5.91 Å². The van der Waals surface area contributed by atoms with Gasteiger partial charge in [0.05, 0.1) is 24.9 Å². The van der Waals surface area contributed by atoms with Crippen LogP contribution in [0.25, 0.3) is 0 Å². The van der Waals surface area contributed by atoms with Crippen LogP contribution in [0, 0.1) is 0 Å². The average molecular weight is 421 g/mol. The van der Waals surface area contributed by atoms with Gasteiger partial charge in [-0.1, -0.05) is 23.7 Å². The number of carbonyl (C=O) groups is 1. The van der Waals surface area contributed by atoms with Crippen molar-refractivity contribution >= 4 is 33.2 Å². The van der Waals surface area contributed by atoms with Crippen LogP contribution < -0.4 is 13.8 Å². The first-order chi connectivity index (χ1) is 12.7. The number of fused-ring (bicyclic) bond motifs is 1. The average Bonchev–Trinajstić information content (AvgIpc) is 2.94. The summed E-state index contributed by atoms with van der Waals surface area (Å²) in [6.07, 6.45) is 0. The lowest BCUT2D eigenvalue weighted by Crippen LogP contribution is -2.39. The Morgan fingerprint density at radius 2 is 1.74 bits per heavy atom. The molecule has 1 aliphatic heterocycles. The van der Waals surface area contributed by atoms with Crippen LogP contribution in [0.1, 0.15) is 17.3 Å². The molecule has 0 spiro atoms. The third-order valence-corrected chi connectivity index (χ3v) is 5.32. The van der Waals surface area contributed by atoms with Crippen molar-refractivity contribution in [3.05, 3.63) is 34.6 Å². The van der Waals surface area contributed by atoms with Crippen molar-refractivity contribution in [3.8, 4) is 12.0 Å². The van der Waals surface area contributed by atoms with E-state index in [1.54, 1.807) is 0 Å². The molecule has 0 N–H and O–H groups in total. The van der Waals surface area contributed by atoms with E-state index in [1.807, 2.05) is 0 Å². The van der Waals surface area contributed by atoms with Gasteiger partial charge in [-0.3, -0.25) is 4.79 Å². The zero-order valence-electron chi connectivity index (χ0n) is 13.8. The number of methoxy groups -OCH3 is 2. The number of benzene rings is 1. The third kappa shape index (κ3) is 3.04. The van der Waals surface area contributed by atoms with Gasteiger partial charge in [0, 0.05) is 0 Å². The van der Waals surface area contributed by atoms with Crippen LogP contribution in [0.4, 0.5) is 14.5 Å². The lowest BCUT2D eigenvalue weighted by atomic mass is 10.00. The van der Waals surface area contributed by atoms with Crippen LogP contribution in [-0.4, -0.2) is 49.3 Å². The summed E-state index contributed by atoms with van der Waals surface area (Å²) in [5.41, 5.74) is -0.320. The van der Waals surface area contributed by atoms with Crippen molar-refractivity contribution in [3.63, 3.8) is 0 Å². The van der Waals surface area contributed by atoms with E-state index in [0.29, 0.717) is 0 Å². The molecular weight excluding hydrogens is 410 g/mol. The van der Waals surface area contributed by atoms with Gasteiger partial charge in [-0.15, -0.1) is 4.98 Å². The second-order valence-corrected chi connectivity index (χ2v) is 7.34. The normalized spacial score (nSPS) is 16.6. The maximum Gasteiger partial charge on any atom is 0.355 e. The molecule has 2 heterocycles. The number of alkyl halides is 2. The van der Waals surface area contributed by atoms with E-state index in [4.69, 9.17) is 21.1 Å². The number of ether oxygens (including phenoxy) is 2. The Morgan fingerprint density at radius 3 is 2.26 bits per heavy atom. The fraction of sp³-hybridized carbons (Fsp3) is 0.286. The second kappa shape index (κ2) is 6.85. The Hall–Kier alpha value is -2.60. The molecule has 27 heavy (non-hydrogen) atoms. The molecule has 0 bridgehead atoms. The summed E-state index contributed by atoms with van der Waals surface area (Å²) in [7, 11) is -2.79. The third-order valence-electron chi connectivity index (χ3n) is 3.69. The van der Waals surface area contributed by atoms with Gasteiger partial charge in [0.15, 0.2) is 5.82 Å². The van der Waals surface area contributed by atoms with Crippen molar-refractivity contribution < 1.29 is 31.5 Å². The number of halogens is 3. The maximum atomic E-state index is 13.1. The van der Waals surface area contributed by atoms with Gasteiger partial charge in [0.2, 0.25) is 0 Å². The van der Waals surface area contributed by atoms with Gasteiger partial charge >= 0.3 is 27.8 Å². The second-order valence-electron chi connectivity index (χ2n) is 5.19. The molecule has 1 amide bonds. The first-order valence-electron chi connectivity index (χ1n) is 7.20. The Kier molecular flexibility index (Phi) is 4.86. The number of amides is 1. The van der Waals surface area contributed by atoms with Crippen molar-refractivity contribution in [1.82, 2.24) is 15.0 Å². The summed E-state index contributed by atoms with van der Waals surface area (Å²) >= 11 is 6.00. The molecule has 1 aliphatic rings. The van der Waals surface area contributed by atoms with E-state index in [-0.39, 0.29) is 38.4 Å². The van der Waals surface area contributed by atoms with E-state index in [0.717, 1.165) is 0 Å². The number of nitrogens with zero attached hydrogens (tertiary/aromatic N) is 4. The molecule has 0 fully saturated rings. The van der Waals surface area contributed by atoms with Gasteiger partial charge < -0.3 is 9.47 Å². The quantitative estimate of drug-likeness (QED) is 0.716. The van der Waals surface area contributed by atoms with Crippen LogP contribution in [0.5, 0.6) is 12.0 Å². The molecule has 1 unspecified atom stereocenters. The van der Waals surface area contributed by atoms with Crippen molar-refractivity contribution in [2.45, 2.75) is 11.7 Å². The number of sulfonamides is 1. The molecule has 1 aromatic heterocycles. The zero-order valence-corrected chi connectivity index (χ0v) is 15.3. The van der Waals surface area contributed by atoms with Crippen molar-refractivity contribution in [2.24, 2.45) is 0 Å². The predicted octanol–water partition coefficient (Wildman–Crippen LogP) is 1.57. The highest BCUT2D eigenvalue weighted by Gasteiger charge is 2.50. The van der Waals surface area contributed by atoms with Gasteiger partial charge in [-0.25, -0.2) is 0 Å². The summed E-state index contributed by atoms with van der Waals surface area (Å²) in [6, 6.07) is 3.67. The lowest BCUT2D eigenvalue weighted by Gasteiger charge is -2.18. The van der Waals surface area contributed by atoms with Crippen LogP contribution in [0.15, 0.2) is 18.2 Å². The number of carbonyl (C=O) groups excluding carboxylic acids is 1. The number of hydrogen-bond donors (Lipinski definition) is 0. The van der Waals surface area contributed by atoms with E-state index in [9.17, 15) is 22.0 Å². The number of hydrogen-bond acceptors (Lipinski definition) is 8. The molecule has 0 radical (unpaired) electrons. The highest BCUT2D eigenvalue weighted by atomic mass is 35.5. The van der Waals surface area contributed by atoms with Gasteiger partial charge in [-0.2, -0.15) is 31.5 Å². The Morgan fingerprint density at radius 1 is 1.15 bits per heavy atom. The number of rotatable bonds is 5. The molecule has 9 nitrogen and oxygen atoms in total. The number of anilines is 1. The molecule has 13 heteroatoms. The van der Waals surface area contributed by atoms with Gasteiger partial charge in [-0.05, 0) is 11.6 Å². The largest absolute Gasteiger partial charge is 0.467 e. The van der Waals surface area contributed by atoms with Crippen molar-refractivity contribution in [2.75, 3.05) is 18.5 Å². The summed E-state index contributed by atoms with van der Waals surface area (Å²) in [5, 5.41) is -0.194. The highest BCUT2D eigenvalue weighted by Crippen LogP contribution is 2.46. The summed E-state index contributed by atoms with van der Waals surface area (Å²) < 4.78 is 60.2. The van der Waals surface area contributed by atoms with E-state index in [1.165, 1.54) is 32.4 Å². The monoisotopic (exact) mass is 420 g/mol. The van der Waals surface area contributed by atoms with Gasteiger partial charge in [0.1, 0.15) is 5.92 Å². The van der Waals surface area contributed by atoms with E-state index < -0.39 is 27.6 Å². The summed E-state index contributed by atoms with van der Waals surface area (Å²) in [4.78, 5) is 24.5. The summed E-state index contributed by atoms with van der Waals surface area (Å²) in [5.74, 6) is -6.68. The molecular formula is C14H11ClF2N4O5S. The van der Waals surface area contributed by atoms with E-state index in [2.05, 4.69) is 15.0 Å². The number of para-hydroxylation sites is 1. The summed E-state index contributed by atoms with van der Waals surface area (Å²) in [6.45, 7) is 0. The van der Waals surface area contributed by atoms with Crippen LogP contribution in [0.2, 0.25) is 5.02 Å². The first kappa shape index (κ1) is 19.2. The minimum Gasteiger partial charge on any atom is -0.467 e. The Balaban J connectivity index is 2.26. The molecule has 0 saturated carbocycles. The maximum absolute atomic E-state index is 13.1. The SMILES string of the molecule is COc1nc(OC)nc(C2C(=O)N(S(=O)(=O)C(F)F)c3c(Cl)cccc32)n1.